The summed E-state index contributed by atoms with van der Waals surface area (Å²) in [6.07, 6.45) is 3.13. The highest BCUT2D eigenvalue weighted by Gasteiger charge is 2.27. The highest BCUT2D eigenvalue weighted by Crippen LogP contribution is 2.39. The topological polar surface area (TPSA) is 124 Å². The molecule has 0 spiro atoms. The number of carbonyl (C=O) groups is 1. The molecule has 0 radical (unpaired) electrons. The van der Waals surface area contributed by atoms with E-state index < -0.39 is 0 Å². The second-order valence-corrected chi connectivity index (χ2v) is 7.21. The van der Waals surface area contributed by atoms with Crippen LogP contribution in [0.3, 0.4) is 0 Å². The SMILES string of the molecule is N#Cc1c(N)nc(SC2CCCCC2=O)c(C#N)c1-c1ccc(O)cc1. The van der Waals surface area contributed by atoms with Gasteiger partial charge in [-0.2, -0.15) is 10.5 Å². The summed E-state index contributed by atoms with van der Waals surface area (Å²) >= 11 is 1.25. The summed E-state index contributed by atoms with van der Waals surface area (Å²) in [6, 6.07) is 10.3. The van der Waals surface area contributed by atoms with Gasteiger partial charge in [0.15, 0.2) is 0 Å². The number of nitrogens with zero attached hydrogens (tertiary/aromatic N) is 3. The molecule has 1 aliphatic carbocycles. The van der Waals surface area contributed by atoms with Crippen LogP contribution >= 0.6 is 11.8 Å². The second-order valence-electron chi connectivity index (χ2n) is 6.02. The fourth-order valence-electron chi connectivity index (χ4n) is 3.01. The van der Waals surface area contributed by atoms with Gasteiger partial charge in [0.05, 0.1) is 10.8 Å². The number of pyridine rings is 1. The number of carbonyl (C=O) groups excluding carboxylic acids is 1. The number of rotatable bonds is 3. The number of hydrogen-bond donors (Lipinski definition) is 2. The molecule has 1 atom stereocenters. The molecule has 1 saturated carbocycles. The number of nitrogen functional groups attached to an aromatic ring is 1. The van der Waals surface area contributed by atoms with Crippen molar-refractivity contribution < 1.29 is 9.90 Å². The van der Waals surface area contributed by atoms with Crippen LogP contribution in [-0.2, 0) is 4.79 Å². The molecule has 1 aliphatic rings. The number of ketones is 1. The first-order chi connectivity index (χ1) is 12.5. The van der Waals surface area contributed by atoms with Crippen LogP contribution in [0.2, 0.25) is 0 Å². The van der Waals surface area contributed by atoms with Gasteiger partial charge in [0, 0.05) is 12.0 Å². The van der Waals surface area contributed by atoms with E-state index in [-0.39, 0.29) is 33.7 Å². The van der Waals surface area contributed by atoms with E-state index in [0.717, 1.165) is 19.3 Å². The van der Waals surface area contributed by atoms with Gasteiger partial charge in [-0.3, -0.25) is 4.79 Å². The van der Waals surface area contributed by atoms with Crippen LogP contribution in [0, 0.1) is 22.7 Å². The molecule has 0 aliphatic heterocycles. The Morgan fingerprint density at radius 3 is 2.46 bits per heavy atom. The fraction of sp³-hybridized carbons (Fsp3) is 0.263. The number of phenolic OH excluding ortho intramolecular Hbond substituents is 1. The van der Waals surface area contributed by atoms with Crippen molar-refractivity contribution in [2.75, 3.05) is 5.73 Å². The molecule has 1 heterocycles. The molecule has 6 nitrogen and oxygen atoms in total. The van der Waals surface area contributed by atoms with Gasteiger partial charge in [-0.25, -0.2) is 4.98 Å². The van der Waals surface area contributed by atoms with Gasteiger partial charge in [0.2, 0.25) is 0 Å². The van der Waals surface area contributed by atoms with Gasteiger partial charge < -0.3 is 10.8 Å². The van der Waals surface area contributed by atoms with Crippen molar-refractivity contribution in [1.29, 1.82) is 10.5 Å². The maximum Gasteiger partial charge on any atom is 0.146 e. The zero-order valence-electron chi connectivity index (χ0n) is 13.9. The van der Waals surface area contributed by atoms with E-state index in [1.807, 2.05) is 6.07 Å². The lowest BCUT2D eigenvalue weighted by atomic mass is 9.97. The molecule has 26 heavy (non-hydrogen) atoms. The Morgan fingerprint density at radius 2 is 1.85 bits per heavy atom. The highest BCUT2D eigenvalue weighted by molar-refractivity contribution is 8.00. The first-order valence-corrected chi connectivity index (χ1v) is 9.05. The Labute approximate surface area is 155 Å². The summed E-state index contributed by atoms with van der Waals surface area (Å²) in [7, 11) is 0. The molecule has 0 saturated heterocycles. The molecule has 1 aromatic heterocycles. The molecule has 1 unspecified atom stereocenters. The Hall–Kier alpha value is -3.03. The summed E-state index contributed by atoms with van der Waals surface area (Å²) in [4.78, 5) is 16.4. The standard InChI is InChI=1S/C19H16N4O2S/c20-9-13-17(11-5-7-12(24)8-6-11)14(10-21)19(23-18(13)22)26-16-4-2-1-3-15(16)25/h5-8,16,24H,1-4H2,(H2,22,23). The zero-order valence-corrected chi connectivity index (χ0v) is 14.7. The predicted molar refractivity (Wildman–Crippen MR) is 98.3 cm³/mol. The third kappa shape index (κ3) is 3.35. The lowest BCUT2D eigenvalue weighted by molar-refractivity contribution is -0.119. The van der Waals surface area contributed by atoms with Crippen molar-refractivity contribution in [3.8, 4) is 29.0 Å². The lowest BCUT2D eigenvalue weighted by Crippen LogP contribution is -2.21. The van der Waals surface area contributed by atoms with Gasteiger partial charge in [0.1, 0.15) is 40.1 Å². The lowest BCUT2D eigenvalue weighted by Gasteiger charge is -2.21. The minimum Gasteiger partial charge on any atom is -0.508 e. The van der Waals surface area contributed by atoms with E-state index in [9.17, 15) is 20.4 Å². The number of aromatic hydroxyl groups is 1. The quantitative estimate of drug-likeness (QED) is 0.855. The van der Waals surface area contributed by atoms with Crippen LogP contribution < -0.4 is 5.73 Å². The van der Waals surface area contributed by atoms with Crippen LogP contribution in [0.1, 0.15) is 36.8 Å². The molecule has 3 N–H and O–H groups in total. The van der Waals surface area contributed by atoms with Gasteiger partial charge >= 0.3 is 0 Å². The van der Waals surface area contributed by atoms with E-state index >= 15 is 0 Å². The smallest absolute Gasteiger partial charge is 0.146 e. The Bertz CT molecular complexity index is 942. The number of anilines is 1. The van der Waals surface area contributed by atoms with E-state index in [0.29, 0.717) is 22.6 Å². The summed E-state index contributed by atoms with van der Waals surface area (Å²) < 4.78 is 0. The zero-order chi connectivity index (χ0) is 18.7. The Kier molecular flexibility index (Phi) is 5.11. The molecule has 2 aromatic rings. The largest absolute Gasteiger partial charge is 0.508 e. The van der Waals surface area contributed by atoms with Gasteiger partial charge in [-0.15, -0.1) is 0 Å². The van der Waals surface area contributed by atoms with Crippen molar-refractivity contribution in [1.82, 2.24) is 4.98 Å². The maximum absolute atomic E-state index is 12.2. The van der Waals surface area contributed by atoms with Crippen LogP contribution in [0.5, 0.6) is 5.75 Å². The number of hydrogen-bond acceptors (Lipinski definition) is 7. The number of benzene rings is 1. The molecule has 3 rings (SSSR count). The minimum atomic E-state index is -0.247. The highest BCUT2D eigenvalue weighted by atomic mass is 32.2. The molecule has 0 amide bonds. The van der Waals surface area contributed by atoms with Gasteiger partial charge in [-0.05, 0) is 30.5 Å². The monoisotopic (exact) mass is 364 g/mol. The molecule has 130 valence electrons. The molecule has 0 bridgehead atoms. The van der Waals surface area contributed by atoms with Gasteiger partial charge in [-0.1, -0.05) is 30.3 Å². The van der Waals surface area contributed by atoms with Crippen LogP contribution in [-0.4, -0.2) is 21.1 Å². The molecule has 1 aromatic carbocycles. The molecular formula is C19H16N4O2S. The predicted octanol–water partition coefficient (Wildman–Crippen LogP) is 3.38. The number of thioether (sulfide) groups is 1. The first-order valence-electron chi connectivity index (χ1n) is 8.17. The average molecular weight is 364 g/mol. The number of phenols is 1. The minimum absolute atomic E-state index is 0.0281. The Morgan fingerprint density at radius 1 is 1.15 bits per heavy atom. The molecular weight excluding hydrogens is 348 g/mol. The van der Waals surface area contributed by atoms with E-state index in [1.54, 1.807) is 12.1 Å². The van der Waals surface area contributed by atoms with Crippen LogP contribution in [0.4, 0.5) is 5.82 Å². The number of nitrogens with two attached hydrogens (primary N) is 1. The van der Waals surface area contributed by atoms with Gasteiger partial charge in [0.25, 0.3) is 0 Å². The number of Topliss-reactive ketones (excluding diaryl/α,β-unsaturated/α-hetero) is 1. The average Bonchev–Trinajstić information content (AvgIpc) is 2.64. The van der Waals surface area contributed by atoms with Crippen LogP contribution in [0.25, 0.3) is 11.1 Å². The first kappa shape index (κ1) is 17.8. The fourth-order valence-corrected chi connectivity index (χ4v) is 4.23. The van der Waals surface area contributed by atoms with E-state index in [2.05, 4.69) is 11.1 Å². The molecule has 7 heteroatoms. The number of nitriles is 2. The normalized spacial score (nSPS) is 16.7. The van der Waals surface area contributed by atoms with Crippen molar-refractivity contribution in [3.05, 3.63) is 35.4 Å². The van der Waals surface area contributed by atoms with Crippen LogP contribution in [0.15, 0.2) is 29.3 Å². The van der Waals surface area contributed by atoms with E-state index in [1.165, 1.54) is 23.9 Å². The third-order valence-electron chi connectivity index (χ3n) is 4.32. The summed E-state index contributed by atoms with van der Waals surface area (Å²) in [5.41, 5.74) is 7.28. The Balaban J connectivity index is 2.15. The third-order valence-corrected chi connectivity index (χ3v) is 5.63. The van der Waals surface area contributed by atoms with Crippen molar-refractivity contribution in [2.45, 2.75) is 36.0 Å². The summed E-state index contributed by atoms with van der Waals surface area (Å²) in [5, 5.41) is 28.9. The molecule has 1 fully saturated rings. The number of aromatic nitrogens is 1. The summed E-state index contributed by atoms with van der Waals surface area (Å²) in [6.45, 7) is 0. The van der Waals surface area contributed by atoms with Crippen molar-refractivity contribution >= 4 is 23.4 Å². The second kappa shape index (κ2) is 7.47. The van der Waals surface area contributed by atoms with Crippen molar-refractivity contribution in [2.24, 2.45) is 0 Å². The summed E-state index contributed by atoms with van der Waals surface area (Å²) in [5.74, 6) is 0.261. The maximum atomic E-state index is 12.2. The van der Waals surface area contributed by atoms with E-state index in [4.69, 9.17) is 5.73 Å². The van der Waals surface area contributed by atoms with Crippen molar-refractivity contribution in [3.63, 3.8) is 0 Å².